The Morgan fingerprint density at radius 2 is 1.90 bits per heavy atom. The maximum absolute atomic E-state index is 11.4. The summed E-state index contributed by atoms with van der Waals surface area (Å²) in [5, 5.41) is 2.83. The number of nitrogens with one attached hydrogen (secondary N) is 1. The first-order valence-corrected chi connectivity index (χ1v) is 7.40. The van der Waals surface area contributed by atoms with Gasteiger partial charge in [0.1, 0.15) is 5.69 Å². The molecular formula is C16H12N2O2S. The van der Waals surface area contributed by atoms with Crippen LogP contribution in [0.1, 0.15) is 16.1 Å². The quantitative estimate of drug-likeness (QED) is 0.456. The topological polar surface area (TPSA) is 62.8 Å². The lowest BCUT2D eigenvalue weighted by atomic mass is 10.1. The number of hydrogen-bond acceptors (Lipinski definition) is 4. The van der Waals surface area contributed by atoms with Crippen molar-refractivity contribution in [1.82, 2.24) is 9.97 Å². The number of thioether (sulfide) groups is 1. The van der Waals surface area contributed by atoms with Crippen molar-refractivity contribution in [2.45, 2.75) is 10.9 Å². The maximum atomic E-state index is 11.4. The van der Waals surface area contributed by atoms with Gasteiger partial charge in [0, 0.05) is 11.8 Å². The average Bonchev–Trinajstić information content (AvgIpc) is 2.52. The summed E-state index contributed by atoms with van der Waals surface area (Å²) in [5.74, 6) is 0.677. The fourth-order valence-electron chi connectivity index (χ4n) is 2.06. The van der Waals surface area contributed by atoms with Gasteiger partial charge in [-0.1, -0.05) is 54.2 Å². The molecule has 0 spiro atoms. The molecular weight excluding hydrogens is 284 g/mol. The van der Waals surface area contributed by atoms with Crippen molar-refractivity contribution in [1.29, 1.82) is 0 Å². The lowest BCUT2D eigenvalue weighted by Gasteiger charge is -2.04. The molecule has 21 heavy (non-hydrogen) atoms. The number of fused-ring (bicyclic) bond motifs is 1. The van der Waals surface area contributed by atoms with Gasteiger partial charge in [0.05, 0.1) is 0 Å². The van der Waals surface area contributed by atoms with E-state index >= 15 is 0 Å². The first-order valence-electron chi connectivity index (χ1n) is 6.41. The van der Waals surface area contributed by atoms with Crippen molar-refractivity contribution in [3.05, 3.63) is 70.1 Å². The molecule has 1 N–H and O–H groups in total. The Kier molecular flexibility index (Phi) is 3.83. The molecule has 0 aliphatic carbocycles. The third-order valence-electron chi connectivity index (χ3n) is 3.05. The number of H-pyrrole nitrogens is 1. The van der Waals surface area contributed by atoms with Crippen molar-refractivity contribution in [2.24, 2.45) is 0 Å². The standard InChI is InChI=1S/C16H12N2O2S/c19-9-14-8-15(20)18-16(17-14)21-10-11-5-6-12-3-1-2-4-13(12)7-11/h1-9H,10H2,(H,17,18,20). The number of nitrogens with zero attached hydrogens (tertiary/aromatic N) is 1. The molecule has 0 saturated carbocycles. The van der Waals surface area contributed by atoms with Crippen LogP contribution in [0, 0.1) is 0 Å². The predicted octanol–water partition coefficient (Wildman–Crippen LogP) is 3.03. The molecule has 1 aromatic heterocycles. The molecule has 3 rings (SSSR count). The molecule has 0 unspecified atom stereocenters. The molecule has 1 heterocycles. The normalized spacial score (nSPS) is 10.7. The first kappa shape index (κ1) is 13.6. The Hall–Kier alpha value is -2.40. The van der Waals surface area contributed by atoms with Gasteiger partial charge < -0.3 is 4.98 Å². The van der Waals surface area contributed by atoms with Gasteiger partial charge in [-0.25, -0.2) is 4.98 Å². The maximum Gasteiger partial charge on any atom is 0.252 e. The SMILES string of the molecule is O=Cc1cc(=O)[nH]c(SCc2ccc3ccccc3c2)n1. The summed E-state index contributed by atoms with van der Waals surface area (Å²) in [5.41, 5.74) is 0.978. The smallest absolute Gasteiger partial charge is 0.252 e. The van der Waals surface area contributed by atoms with Crippen molar-refractivity contribution >= 4 is 28.8 Å². The molecule has 0 bridgehead atoms. The average molecular weight is 296 g/mol. The lowest BCUT2D eigenvalue weighted by Crippen LogP contribution is -2.09. The van der Waals surface area contributed by atoms with Crippen molar-refractivity contribution < 1.29 is 4.79 Å². The fourth-order valence-corrected chi connectivity index (χ4v) is 2.89. The second kappa shape index (κ2) is 5.93. The number of aromatic nitrogens is 2. The Bertz CT molecular complexity index is 858. The molecule has 5 heteroatoms. The summed E-state index contributed by atoms with van der Waals surface area (Å²) >= 11 is 1.40. The number of hydrogen-bond donors (Lipinski definition) is 1. The molecule has 0 radical (unpaired) electrons. The minimum Gasteiger partial charge on any atom is -0.301 e. The fraction of sp³-hybridized carbons (Fsp3) is 0.0625. The van der Waals surface area contributed by atoms with Gasteiger partial charge in [0.15, 0.2) is 11.4 Å². The second-order valence-electron chi connectivity index (χ2n) is 4.56. The molecule has 0 aliphatic heterocycles. The van der Waals surface area contributed by atoms with E-state index in [1.54, 1.807) is 0 Å². The third-order valence-corrected chi connectivity index (χ3v) is 3.99. The zero-order valence-corrected chi connectivity index (χ0v) is 11.9. The van der Waals surface area contributed by atoms with Crippen molar-refractivity contribution in [2.75, 3.05) is 0 Å². The van der Waals surface area contributed by atoms with E-state index in [9.17, 15) is 9.59 Å². The highest BCUT2D eigenvalue weighted by Crippen LogP contribution is 2.22. The van der Waals surface area contributed by atoms with Gasteiger partial charge >= 0.3 is 0 Å². The summed E-state index contributed by atoms with van der Waals surface area (Å²) in [6, 6.07) is 15.6. The van der Waals surface area contributed by atoms with Crippen LogP contribution in [0.25, 0.3) is 10.8 Å². The highest BCUT2D eigenvalue weighted by Gasteiger charge is 2.03. The van der Waals surface area contributed by atoms with Crippen LogP contribution in [0.15, 0.2) is 58.5 Å². The van der Waals surface area contributed by atoms with E-state index < -0.39 is 0 Å². The Labute approximate surface area is 125 Å². The van der Waals surface area contributed by atoms with Crippen LogP contribution in [0.3, 0.4) is 0 Å². The van der Waals surface area contributed by atoms with Gasteiger partial charge in [-0.15, -0.1) is 0 Å². The number of aromatic amines is 1. The number of benzene rings is 2. The molecule has 0 aliphatic rings. The molecule has 4 nitrogen and oxygen atoms in total. The molecule has 2 aromatic carbocycles. The highest BCUT2D eigenvalue weighted by atomic mass is 32.2. The first-order chi connectivity index (χ1) is 10.2. The number of carbonyl (C=O) groups is 1. The molecule has 0 atom stereocenters. The monoisotopic (exact) mass is 296 g/mol. The van der Waals surface area contributed by atoms with Crippen LogP contribution in [-0.2, 0) is 5.75 Å². The van der Waals surface area contributed by atoms with E-state index in [1.807, 2.05) is 12.1 Å². The van der Waals surface area contributed by atoms with Crippen molar-refractivity contribution in [3.8, 4) is 0 Å². The minimum atomic E-state index is -0.312. The molecule has 3 aromatic rings. The summed E-state index contributed by atoms with van der Waals surface area (Å²) in [6.07, 6.45) is 0.579. The Morgan fingerprint density at radius 1 is 1.10 bits per heavy atom. The van der Waals surface area contributed by atoms with Gasteiger partial charge in [-0.3, -0.25) is 9.59 Å². The summed E-state index contributed by atoms with van der Waals surface area (Å²) in [4.78, 5) is 28.8. The van der Waals surface area contributed by atoms with Crippen LogP contribution >= 0.6 is 11.8 Å². The van der Waals surface area contributed by atoms with E-state index in [2.05, 4.69) is 40.3 Å². The lowest BCUT2D eigenvalue weighted by molar-refractivity contribution is 0.111. The van der Waals surface area contributed by atoms with E-state index in [1.165, 1.54) is 28.6 Å². The van der Waals surface area contributed by atoms with E-state index in [0.717, 1.165) is 5.56 Å². The molecule has 0 amide bonds. The van der Waals surface area contributed by atoms with E-state index in [4.69, 9.17) is 0 Å². The molecule has 0 fully saturated rings. The van der Waals surface area contributed by atoms with Crippen LogP contribution in [-0.4, -0.2) is 16.3 Å². The largest absolute Gasteiger partial charge is 0.301 e. The molecule has 0 saturated heterocycles. The van der Waals surface area contributed by atoms with E-state index in [0.29, 0.717) is 17.2 Å². The minimum absolute atomic E-state index is 0.153. The van der Waals surface area contributed by atoms with Crippen LogP contribution in [0.5, 0.6) is 0 Å². The zero-order chi connectivity index (χ0) is 14.7. The van der Waals surface area contributed by atoms with Gasteiger partial charge in [-0.05, 0) is 16.3 Å². The third kappa shape index (κ3) is 3.20. The second-order valence-corrected chi connectivity index (χ2v) is 5.53. The zero-order valence-electron chi connectivity index (χ0n) is 11.1. The van der Waals surface area contributed by atoms with Gasteiger partial charge in [0.2, 0.25) is 0 Å². The Morgan fingerprint density at radius 3 is 2.71 bits per heavy atom. The Balaban J connectivity index is 1.81. The van der Waals surface area contributed by atoms with Gasteiger partial charge in [0.25, 0.3) is 5.56 Å². The van der Waals surface area contributed by atoms with Crippen molar-refractivity contribution in [3.63, 3.8) is 0 Å². The highest BCUT2D eigenvalue weighted by molar-refractivity contribution is 7.98. The van der Waals surface area contributed by atoms with Crippen LogP contribution in [0.2, 0.25) is 0 Å². The molecule has 104 valence electrons. The van der Waals surface area contributed by atoms with Gasteiger partial charge in [-0.2, -0.15) is 0 Å². The number of carbonyl (C=O) groups excluding carboxylic acids is 1. The van der Waals surface area contributed by atoms with Crippen LogP contribution in [0.4, 0.5) is 0 Å². The summed E-state index contributed by atoms with van der Waals surface area (Å²) in [7, 11) is 0. The summed E-state index contributed by atoms with van der Waals surface area (Å²) in [6.45, 7) is 0. The van der Waals surface area contributed by atoms with Crippen LogP contribution < -0.4 is 5.56 Å². The number of rotatable bonds is 4. The van der Waals surface area contributed by atoms with E-state index in [-0.39, 0.29) is 11.3 Å². The predicted molar refractivity (Wildman–Crippen MR) is 83.8 cm³/mol. The summed E-state index contributed by atoms with van der Waals surface area (Å²) < 4.78 is 0. The number of aldehydes is 1.